The fraction of sp³-hybridized carbons (Fsp3) is 0.360. The van der Waals surface area contributed by atoms with Crippen molar-refractivity contribution in [1.82, 2.24) is 24.8 Å². The van der Waals surface area contributed by atoms with Crippen molar-refractivity contribution in [1.29, 1.82) is 0 Å². The Hall–Kier alpha value is -3.28. The summed E-state index contributed by atoms with van der Waals surface area (Å²) in [4.78, 5) is 32.2. The summed E-state index contributed by atoms with van der Waals surface area (Å²) in [5.74, 6) is 0.0978. The monoisotopic (exact) mass is 411 g/mol. The predicted octanol–water partition coefficient (Wildman–Crippen LogP) is 4.26. The van der Waals surface area contributed by atoms with E-state index in [1.54, 1.807) is 18.7 Å². The summed E-state index contributed by atoms with van der Waals surface area (Å²) in [7, 11) is 0. The van der Waals surface area contributed by atoms with Gasteiger partial charge in [-0.25, -0.2) is 4.98 Å². The third-order valence-electron chi connectivity index (χ3n) is 8.11. The van der Waals surface area contributed by atoms with Crippen LogP contribution in [0.3, 0.4) is 0 Å². The molecule has 3 heterocycles. The normalized spacial score (nSPS) is 24.4. The molecule has 0 spiro atoms. The summed E-state index contributed by atoms with van der Waals surface area (Å²) in [5.41, 5.74) is 6.92. The van der Waals surface area contributed by atoms with E-state index in [4.69, 9.17) is 0 Å². The number of likely N-dealkylation sites (tertiary alicyclic amines) is 1. The first-order valence-electron chi connectivity index (χ1n) is 10.9. The summed E-state index contributed by atoms with van der Waals surface area (Å²) in [6, 6.07) is 10.3. The van der Waals surface area contributed by atoms with Crippen molar-refractivity contribution in [3.63, 3.8) is 0 Å². The maximum atomic E-state index is 13.7. The summed E-state index contributed by atoms with van der Waals surface area (Å²) < 4.78 is 0. The molecular formula is C25H25N5O. The van der Waals surface area contributed by atoms with Crippen LogP contribution in [0.5, 0.6) is 0 Å². The number of fused-ring (bicyclic) bond motifs is 6. The van der Waals surface area contributed by atoms with Crippen LogP contribution in [0, 0.1) is 5.41 Å². The summed E-state index contributed by atoms with van der Waals surface area (Å²) in [6.45, 7) is 7.75. The minimum atomic E-state index is -0.0676. The fourth-order valence-corrected chi connectivity index (χ4v) is 5.85. The van der Waals surface area contributed by atoms with E-state index < -0.39 is 0 Å². The lowest BCUT2D eigenvalue weighted by Gasteiger charge is -2.60. The van der Waals surface area contributed by atoms with Crippen LogP contribution in [0.1, 0.15) is 48.7 Å². The van der Waals surface area contributed by atoms with Crippen molar-refractivity contribution in [3.8, 4) is 0 Å². The van der Waals surface area contributed by atoms with E-state index in [0.29, 0.717) is 5.56 Å². The average Bonchev–Trinajstić information content (AvgIpc) is 3.23. The number of nitrogens with zero attached hydrogens (tertiary/aromatic N) is 4. The number of hydrogen-bond acceptors (Lipinski definition) is 4. The Kier molecular flexibility index (Phi) is 3.65. The van der Waals surface area contributed by atoms with Gasteiger partial charge in [-0.2, -0.15) is 0 Å². The van der Waals surface area contributed by atoms with Gasteiger partial charge in [0, 0.05) is 36.0 Å². The van der Waals surface area contributed by atoms with Gasteiger partial charge in [-0.05, 0) is 59.7 Å². The van der Waals surface area contributed by atoms with Crippen LogP contribution in [0.25, 0.3) is 22.1 Å². The number of benzene rings is 2. The molecule has 2 bridgehead atoms. The zero-order valence-corrected chi connectivity index (χ0v) is 18.0. The molecule has 2 atom stereocenters. The van der Waals surface area contributed by atoms with Crippen LogP contribution in [0.15, 0.2) is 49.1 Å². The minimum Gasteiger partial charge on any atom is -0.345 e. The molecule has 1 aliphatic heterocycles. The molecule has 0 unspecified atom stereocenters. The SMILES string of the molecule is CC1(C)[C@H]2Cc3cc4nccnc4cc3[C@]1(C)CCN2C(=O)c1ccc2nc[nH]c2c1. The van der Waals surface area contributed by atoms with Crippen LogP contribution < -0.4 is 0 Å². The number of imidazole rings is 1. The van der Waals surface area contributed by atoms with Crippen LogP contribution in [-0.2, 0) is 11.8 Å². The second kappa shape index (κ2) is 6.13. The van der Waals surface area contributed by atoms with Crippen molar-refractivity contribution in [3.05, 3.63) is 65.7 Å². The highest BCUT2D eigenvalue weighted by molar-refractivity contribution is 5.97. The van der Waals surface area contributed by atoms with E-state index in [1.165, 1.54) is 11.1 Å². The van der Waals surface area contributed by atoms with Gasteiger partial charge in [0.05, 0.1) is 28.4 Å². The molecule has 0 saturated carbocycles. The first-order chi connectivity index (χ1) is 14.9. The molecule has 31 heavy (non-hydrogen) atoms. The molecule has 1 N–H and O–H groups in total. The lowest BCUT2D eigenvalue weighted by molar-refractivity contribution is -0.0261. The van der Waals surface area contributed by atoms with Gasteiger partial charge in [-0.1, -0.05) is 20.8 Å². The molecule has 1 fully saturated rings. The highest BCUT2D eigenvalue weighted by Gasteiger charge is 2.57. The van der Waals surface area contributed by atoms with Crippen molar-refractivity contribution >= 4 is 28.0 Å². The molecule has 156 valence electrons. The molecule has 1 saturated heterocycles. The number of H-pyrrole nitrogens is 1. The molecule has 6 heteroatoms. The van der Waals surface area contributed by atoms with Crippen molar-refractivity contribution in [2.45, 2.75) is 45.1 Å². The van der Waals surface area contributed by atoms with E-state index in [0.717, 1.165) is 41.5 Å². The average molecular weight is 412 g/mol. The van der Waals surface area contributed by atoms with E-state index in [2.05, 4.69) is 57.7 Å². The number of amides is 1. The van der Waals surface area contributed by atoms with E-state index in [9.17, 15) is 4.79 Å². The Bertz CT molecular complexity index is 1360. The summed E-state index contributed by atoms with van der Waals surface area (Å²) >= 11 is 0. The topological polar surface area (TPSA) is 74.8 Å². The molecule has 2 aromatic heterocycles. The Balaban J connectivity index is 1.45. The minimum absolute atomic E-state index is 0.0267. The zero-order chi connectivity index (χ0) is 21.4. The maximum absolute atomic E-state index is 13.7. The molecule has 2 aromatic carbocycles. The Morgan fingerprint density at radius 3 is 2.61 bits per heavy atom. The number of hydrogen-bond donors (Lipinski definition) is 1. The number of nitrogens with one attached hydrogen (secondary N) is 1. The van der Waals surface area contributed by atoms with E-state index >= 15 is 0 Å². The van der Waals surface area contributed by atoms with Gasteiger partial charge in [0.15, 0.2) is 0 Å². The summed E-state index contributed by atoms with van der Waals surface area (Å²) in [6.07, 6.45) is 6.92. The fourth-order valence-electron chi connectivity index (χ4n) is 5.85. The smallest absolute Gasteiger partial charge is 0.254 e. The van der Waals surface area contributed by atoms with Gasteiger partial charge >= 0.3 is 0 Å². The Morgan fingerprint density at radius 2 is 1.81 bits per heavy atom. The number of rotatable bonds is 1. The number of carbonyl (C=O) groups is 1. The summed E-state index contributed by atoms with van der Waals surface area (Å²) in [5, 5.41) is 0. The standard InChI is InChI=1S/C25H25N5O/c1-24(2)22-12-16-11-20-21(27-8-7-26-20)13-17(16)25(24,3)6-9-30(22)23(31)15-4-5-18-19(10-15)29-14-28-18/h4-5,7-8,10-11,13-14,22H,6,9,12H2,1-3H3,(H,28,29)/t22-,25+/m1/s1. The molecular weight excluding hydrogens is 386 g/mol. The lowest BCUT2D eigenvalue weighted by Crippen LogP contribution is -2.64. The first-order valence-corrected chi connectivity index (χ1v) is 10.9. The number of carbonyl (C=O) groups excluding carboxylic acids is 1. The third-order valence-corrected chi connectivity index (χ3v) is 8.11. The van der Waals surface area contributed by atoms with Crippen molar-refractivity contribution in [2.75, 3.05) is 6.54 Å². The quantitative estimate of drug-likeness (QED) is 0.508. The van der Waals surface area contributed by atoms with Gasteiger partial charge in [-0.3, -0.25) is 14.8 Å². The second-order valence-corrected chi connectivity index (χ2v) is 9.71. The van der Waals surface area contributed by atoms with Gasteiger partial charge < -0.3 is 9.88 Å². The van der Waals surface area contributed by atoms with Crippen molar-refractivity contribution < 1.29 is 4.79 Å². The zero-order valence-electron chi connectivity index (χ0n) is 18.0. The molecule has 1 amide bonds. The highest BCUT2D eigenvalue weighted by Crippen LogP contribution is 2.56. The van der Waals surface area contributed by atoms with Crippen LogP contribution in [0.2, 0.25) is 0 Å². The molecule has 6 rings (SSSR count). The molecule has 2 aliphatic rings. The highest BCUT2D eigenvalue weighted by atomic mass is 16.2. The second-order valence-electron chi connectivity index (χ2n) is 9.71. The van der Waals surface area contributed by atoms with Crippen LogP contribution >= 0.6 is 0 Å². The molecule has 1 aliphatic carbocycles. The van der Waals surface area contributed by atoms with Gasteiger partial charge in [0.1, 0.15) is 0 Å². The van der Waals surface area contributed by atoms with E-state index in [1.807, 2.05) is 18.2 Å². The van der Waals surface area contributed by atoms with Gasteiger partial charge in [-0.15, -0.1) is 0 Å². The lowest BCUT2D eigenvalue weighted by atomic mass is 9.51. The van der Waals surface area contributed by atoms with E-state index in [-0.39, 0.29) is 22.8 Å². The Morgan fingerprint density at radius 1 is 1.03 bits per heavy atom. The third kappa shape index (κ3) is 2.44. The van der Waals surface area contributed by atoms with Crippen molar-refractivity contribution in [2.24, 2.45) is 5.41 Å². The molecule has 6 nitrogen and oxygen atoms in total. The molecule has 4 aromatic rings. The number of aromatic nitrogens is 4. The number of aromatic amines is 1. The predicted molar refractivity (Wildman–Crippen MR) is 120 cm³/mol. The maximum Gasteiger partial charge on any atom is 0.254 e. The van der Waals surface area contributed by atoms with Crippen LogP contribution in [-0.4, -0.2) is 43.3 Å². The Labute approximate surface area is 180 Å². The van der Waals surface area contributed by atoms with Gasteiger partial charge in [0.2, 0.25) is 0 Å². The van der Waals surface area contributed by atoms with Gasteiger partial charge in [0.25, 0.3) is 5.91 Å². The number of piperidine rings is 1. The van der Waals surface area contributed by atoms with Crippen LogP contribution in [0.4, 0.5) is 0 Å². The first kappa shape index (κ1) is 18.5. The largest absolute Gasteiger partial charge is 0.345 e. The molecule has 0 radical (unpaired) electrons.